The fourth-order valence-electron chi connectivity index (χ4n) is 2.52. The number of aromatic carboxylic acids is 1. The van der Waals surface area contributed by atoms with E-state index in [2.05, 4.69) is 0 Å². The molecule has 0 bridgehead atoms. The lowest BCUT2D eigenvalue weighted by Gasteiger charge is -2.25. The van der Waals surface area contributed by atoms with E-state index in [1.54, 1.807) is 31.3 Å². The minimum Gasteiger partial charge on any atom is -0.491 e. The standard InChI is InChI=1S/C19H19NO6/c1-11(2)25-14-6-12(19(22)23)7-15(8-14)26-13-4-5-16-17(9-13)24-10-20(3)18(16)21/h4-9,11H,10H2,1-3H3,(H,22,23). The van der Waals surface area contributed by atoms with Crippen LogP contribution in [-0.4, -0.2) is 41.8 Å². The van der Waals surface area contributed by atoms with Crippen LogP contribution in [0.4, 0.5) is 0 Å². The number of nitrogens with zero attached hydrogens (tertiary/aromatic N) is 1. The number of carboxylic acids is 1. The number of fused-ring (bicyclic) bond motifs is 1. The third-order valence-corrected chi connectivity index (χ3v) is 3.68. The molecular formula is C19H19NO6. The van der Waals surface area contributed by atoms with Crippen LogP contribution in [0.3, 0.4) is 0 Å². The molecule has 7 nitrogen and oxygen atoms in total. The Bertz CT molecular complexity index is 861. The van der Waals surface area contributed by atoms with E-state index in [4.69, 9.17) is 14.2 Å². The van der Waals surface area contributed by atoms with Crippen molar-refractivity contribution >= 4 is 11.9 Å². The van der Waals surface area contributed by atoms with Crippen molar-refractivity contribution in [2.24, 2.45) is 0 Å². The number of rotatable bonds is 5. The van der Waals surface area contributed by atoms with Gasteiger partial charge in [-0.15, -0.1) is 0 Å². The Hall–Kier alpha value is -3.22. The zero-order chi connectivity index (χ0) is 18.8. The molecule has 1 heterocycles. The fraction of sp³-hybridized carbons (Fsp3) is 0.263. The molecule has 1 amide bonds. The molecule has 0 saturated carbocycles. The second-order valence-corrected chi connectivity index (χ2v) is 6.20. The first-order valence-corrected chi connectivity index (χ1v) is 8.08. The molecule has 1 aliphatic heterocycles. The van der Waals surface area contributed by atoms with Gasteiger partial charge in [-0.1, -0.05) is 0 Å². The lowest BCUT2D eigenvalue weighted by Crippen LogP contribution is -2.35. The summed E-state index contributed by atoms with van der Waals surface area (Å²) >= 11 is 0. The number of carbonyl (C=O) groups is 2. The largest absolute Gasteiger partial charge is 0.491 e. The van der Waals surface area contributed by atoms with Crippen molar-refractivity contribution in [2.45, 2.75) is 20.0 Å². The minimum absolute atomic E-state index is 0.0594. The number of amides is 1. The summed E-state index contributed by atoms with van der Waals surface area (Å²) < 4.78 is 16.9. The highest BCUT2D eigenvalue weighted by molar-refractivity contribution is 5.97. The summed E-state index contributed by atoms with van der Waals surface area (Å²) in [5, 5.41) is 9.27. The molecule has 0 radical (unpaired) electrons. The molecule has 136 valence electrons. The van der Waals surface area contributed by atoms with Gasteiger partial charge < -0.3 is 24.2 Å². The average Bonchev–Trinajstić information content (AvgIpc) is 2.57. The van der Waals surface area contributed by atoms with Gasteiger partial charge in [-0.05, 0) is 38.1 Å². The first kappa shape index (κ1) is 17.6. The molecule has 2 aromatic carbocycles. The van der Waals surface area contributed by atoms with Crippen molar-refractivity contribution in [1.82, 2.24) is 4.90 Å². The number of carbonyl (C=O) groups excluding carboxylic acids is 1. The lowest BCUT2D eigenvalue weighted by molar-refractivity contribution is 0.0594. The summed E-state index contributed by atoms with van der Waals surface area (Å²) in [7, 11) is 1.66. The fourth-order valence-corrected chi connectivity index (χ4v) is 2.52. The third kappa shape index (κ3) is 3.72. The van der Waals surface area contributed by atoms with Crippen LogP contribution in [0.5, 0.6) is 23.0 Å². The molecule has 26 heavy (non-hydrogen) atoms. The van der Waals surface area contributed by atoms with Crippen LogP contribution < -0.4 is 14.2 Å². The topological polar surface area (TPSA) is 85.3 Å². The number of hydrogen-bond donors (Lipinski definition) is 1. The number of hydrogen-bond acceptors (Lipinski definition) is 5. The molecule has 1 aliphatic rings. The summed E-state index contributed by atoms with van der Waals surface area (Å²) in [6.07, 6.45) is -0.105. The van der Waals surface area contributed by atoms with Crippen LogP contribution in [0.1, 0.15) is 34.6 Å². The van der Waals surface area contributed by atoms with Crippen LogP contribution in [0.25, 0.3) is 0 Å². The Morgan fingerprint density at radius 3 is 2.58 bits per heavy atom. The van der Waals surface area contributed by atoms with Crippen molar-refractivity contribution < 1.29 is 28.9 Å². The second kappa shape index (κ2) is 6.95. The zero-order valence-electron chi connectivity index (χ0n) is 14.7. The Morgan fingerprint density at radius 2 is 1.88 bits per heavy atom. The van der Waals surface area contributed by atoms with Gasteiger partial charge in [-0.2, -0.15) is 0 Å². The van der Waals surface area contributed by atoms with Crippen LogP contribution >= 0.6 is 0 Å². The van der Waals surface area contributed by atoms with Crippen LogP contribution in [0.15, 0.2) is 36.4 Å². The molecule has 0 spiro atoms. The molecular weight excluding hydrogens is 338 g/mol. The molecule has 1 N–H and O–H groups in total. The van der Waals surface area contributed by atoms with Crippen LogP contribution in [0, 0.1) is 0 Å². The van der Waals surface area contributed by atoms with Crippen molar-refractivity contribution in [3.05, 3.63) is 47.5 Å². The van der Waals surface area contributed by atoms with E-state index in [0.29, 0.717) is 28.6 Å². The van der Waals surface area contributed by atoms with Gasteiger partial charge in [-0.3, -0.25) is 4.79 Å². The van der Waals surface area contributed by atoms with E-state index in [1.165, 1.54) is 17.0 Å². The third-order valence-electron chi connectivity index (χ3n) is 3.68. The van der Waals surface area contributed by atoms with Crippen molar-refractivity contribution in [3.63, 3.8) is 0 Å². The van der Waals surface area contributed by atoms with Crippen LogP contribution in [0.2, 0.25) is 0 Å². The molecule has 0 aliphatic carbocycles. The molecule has 0 saturated heterocycles. The number of ether oxygens (including phenoxy) is 3. The molecule has 0 aromatic heterocycles. The van der Waals surface area contributed by atoms with Crippen molar-refractivity contribution in [2.75, 3.05) is 13.8 Å². The highest BCUT2D eigenvalue weighted by Gasteiger charge is 2.23. The van der Waals surface area contributed by atoms with E-state index in [9.17, 15) is 14.7 Å². The summed E-state index contributed by atoms with van der Waals surface area (Å²) in [5.41, 5.74) is 0.512. The first-order valence-electron chi connectivity index (χ1n) is 8.08. The van der Waals surface area contributed by atoms with Crippen molar-refractivity contribution in [3.8, 4) is 23.0 Å². The summed E-state index contributed by atoms with van der Waals surface area (Å²) in [5.74, 6) is 0.378. The molecule has 0 atom stereocenters. The highest BCUT2D eigenvalue weighted by atomic mass is 16.5. The van der Waals surface area contributed by atoms with Gasteiger partial charge in [0.1, 0.15) is 23.0 Å². The minimum atomic E-state index is -1.08. The van der Waals surface area contributed by atoms with E-state index < -0.39 is 5.97 Å². The van der Waals surface area contributed by atoms with Crippen LogP contribution in [-0.2, 0) is 0 Å². The molecule has 0 fully saturated rings. The smallest absolute Gasteiger partial charge is 0.335 e. The molecule has 2 aromatic rings. The first-order chi connectivity index (χ1) is 12.3. The average molecular weight is 357 g/mol. The Labute approximate surface area is 150 Å². The molecule has 0 unspecified atom stereocenters. The van der Waals surface area contributed by atoms with Crippen molar-refractivity contribution in [1.29, 1.82) is 0 Å². The van der Waals surface area contributed by atoms with Gasteiger partial charge in [-0.25, -0.2) is 4.79 Å². The van der Waals surface area contributed by atoms with Gasteiger partial charge in [0.25, 0.3) is 5.91 Å². The maximum atomic E-state index is 12.1. The monoisotopic (exact) mass is 357 g/mol. The van der Waals surface area contributed by atoms with E-state index in [0.717, 1.165) is 0 Å². The SMILES string of the molecule is CC(C)Oc1cc(Oc2ccc3c(c2)OCN(C)C3=O)cc(C(=O)O)c1. The maximum Gasteiger partial charge on any atom is 0.335 e. The number of benzene rings is 2. The maximum absolute atomic E-state index is 12.1. The predicted octanol–water partition coefficient (Wildman–Crippen LogP) is 3.39. The number of carboxylic acid groups (broad SMARTS) is 1. The predicted molar refractivity (Wildman–Crippen MR) is 93.3 cm³/mol. The second-order valence-electron chi connectivity index (χ2n) is 6.20. The Kier molecular flexibility index (Phi) is 4.71. The molecule has 7 heteroatoms. The van der Waals surface area contributed by atoms with Gasteiger partial charge in [0.15, 0.2) is 6.73 Å². The zero-order valence-corrected chi connectivity index (χ0v) is 14.7. The Balaban J connectivity index is 1.90. The van der Waals surface area contributed by atoms with Gasteiger partial charge in [0.2, 0.25) is 0 Å². The summed E-state index contributed by atoms with van der Waals surface area (Å²) in [6, 6.07) is 9.33. The summed E-state index contributed by atoms with van der Waals surface area (Å²) in [4.78, 5) is 24.9. The Morgan fingerprint density at radius 1 is 1.15 bits per heavy atom. The van der Waals surface area contributed by atoms with E-state index >= 15 is 0 Å². The highest BCUT2D eigenvalue weighted by Crippen LogP contribution is 2.33. The van der Waals surface area contributed by atoms with E-state index in [-0.39, 0.29) is 24.3 Å². The summed E-state index contributed by atoms with van der Waals surface area (Å²) in [6.45, 7) is 3.86. The van der Waals surface area contributed by atoms with E-state index in [1.807, 2.05) is 13.8 Å². The van der Waals surface area contributed by atoms with Gasteiger partial charge in [0.05, 0.1) is 17.2 Å². The quantitative estimate of drug-likeness (QED) is 0.883. The van der Waals surface area contributed by atoms with Gasteiger partial charge >= 0.3 is 5.97 Å². The van der Waals surface area contributed by atoms with Gasteiger partial charge in [0, 0.05) is 19.2 Å². The lowest BCUT2D eigenvalue weighted by atomic mass is 10.1. The molecule has 3 rings (SSSR count). The normalized spacial score (nSPS) is 13.2.